The quantitative estimate of drug-likeness (QED) is 0.581. The molecular formula is C14H26F2NO7P. The predicted octanol–water partition coefficient (Wildman–Crippen LogP) is 3.46. The zero-order valence-electron chi connectivity index (χ0n) is 15.2. The van der Waals surface area contributed by atoms with Crippen LogP contribution in [0, 0.1) is 5.92 Å². The zero-order valence-corrected chi connectivity index (χ0v) is 16.1. The second-order valence-corrected chi connectivity index (χ2v) is 8.28. The molecule has 0 unspecified atom stereocenters. The molecule has 1 amide bonds. The second kappa shape index (κ2) is 8.91. The van der Waals surface area contributed by atoms with Crippen molar-refractivity contribution in [3.63, 3.8) is 0 Å². The van der Waals surface area contributed by atoms with Crippen molar-refractivity contribution in [2.45, 2.75) is 58.8 Å². The summed E-state index contributed by atoms with van der Waals surface area (Å²) in [6.07, 6.45) is -1.19. The molecule has 0 aromatic heterocycles. The molecule has 0 spiro atoms. The number of nitrogens with one attached hydrogen (secondary N) is 1. The third-order valence-corrected chi connectivity index (χ3v) is 5.28. The van der Waals surface area contributed by atoms with Crippen LogP contribution in [-0.4, -0.2) is 47.7 Å². The molecule has 0 saturated carbocycles. The Balaban J connectivity index is 5.56. The van der Waals surface area contributed by atoms with Crippen molar-refractivity contribution in [1.29, 1.82) is 0 Å². The lowest BCUT2D eigenvalue weighted by atomic mass is 10.0. The lowest BCUT2D eigenvalue weighted by Gasteiger charge is -2.33. The van der Waals surface area contributed by atoms with Crippen LogP contribution in [0.2, 0.25) is 0 Å². The van der Waals surface area contributed by atoms with Crippen molar-refractivity contribution in [3.05, 3.63) is 0 Å². The topological polar surface area (TPSA) is 111 Å². The highest BCUT2D eigenvalue weighted by molar-refractivity contribution is 7.55. The van der Waals surface area contributed by atoms with E-state index in [9.17, 15) is 28.0 Å². The summed E-state index contributed by atoms with van der Waals surface area (Å²) < 4.78 is 55.8. The SMILES string of the molecule is CCOP(=O)(OCC)C(F)(F)[C@H](C)[C@@H](NC(=O)OC(C)(C)C)C(=O)O. The van der Waals surface area contributed by atoms with Crippen LogP contribution in [0.1, 0.15) is 41.5 Å². The first kappa shape index (κ1) is 23.8. The number of hydrogen-bond donors (Lipinski definition) is 2. The van der Waals surface area contributed by atoms with Crippen molar-refractivity contribution in [1.82, 2.24) is 5.32 Å². The molecule has 0 aromatic rings. The molecule has 0 aliphatic carbocycles. The zero-order chi connectivity index (χ0) is 20.1. The molecule has 2 N–H and O–H groups in total. The van der Waals surface area contributed by atoms with Gasteiger partial charge in [-0.2, -0.15) is 8.78 Å². The van der Waals surface area contributed by atoms with E-state index in [2.05, 4.69) is 9.05 Å². The monoisotopic (exact) mass is 389 g/mol. The van der Waals surface area contributed by atoms with Crippen LogP contribution in [0.3, 0.4) is 0 Å². The van der Waals surface area contributed by atoms with Crippen LogP contribution in [0.25, 0.3) is 0 Å². The number of ether oxygens (including phenoxy) is 1. The Morgan fingerprint density at radius 2 is 1.60 bits per heavy atom. The molecule has 2 atom stereocenters. The maximum atomic E-state index is 14.7. The van der Waals surface area contributed by atoms with E-state index >= 15 is 0 Å². The number of hydrogen-bond acceptors (Lipinski definition) is 6. The summed E-state index contributed by atoms with van der Waals surface area (Å²) in [6, 6.07) is -2.07. The maximum absolute atomic E-state index is 14.7. The van der Waals surface area contributed by atoms with Gasteiger partial charge < -0.3 is 24.2 Å². The molecule has 25 heavy (non-hydrogen) atoms. The standard InChI is InChI=1S/C14H26F2NO7P/c1-7-22-25(21,23-8-2)14(15,16)9(3)10(11(18)19)17-12(20)24-13(4,5)6/h9-10H,7-8H2,1-6H3,(H,17,20)(H,18,19)/t9-,10-/m1/s1. The van der Waals surface area contributed by atoms with E-state index in [-0.39, 0.29) is 13.2 Å². The van der Waals surface area contributed by atoms with Gasteiger partial charge in [-0.05, 0) is 34.6 Å². The minimum absolute atomic E-state index is 0.323. The summed E-state index contributed by atoms with van der Waals surface area (Å²) in [5.74, 6) is -3.83. The van der Waals surface area contributed by atoms with E-state index in [1.54, 1.807) is 0 Å². The number of amides is 1. The van der Waals surface area contributed by atoms with Crippen molar-refractivity contribution >= 4 is 19.7 Å². The van der Waals surface area contributed by atoms with Crippen molar-refractivity contribution < 1.29 is 41.8 Å². The summed E-state index contributed by atoms with van der Waals surface area (Å²) in [6.45, 7) is 7.46. The lowest BCUT2D eigenvalue weighted by molar-refractivity contribution is -0.144. The van der Waals surface area contributed by atoms with E-state index in [1.807, 2.05) is 5.32 Å². The summed E-state index contributed by atoms with van der Waals surface area (Å²) in [5.41, 5.74) is -5.11. The van der Waals surface area contributed by atoms with Crippen LogP contribution in [0.15, 0.2) is 0 Å². The van der Waals surface area contributed by atoms with Gasteiger partial charge in [0.05, 0.1) is 19.1 Å². The number of carbonyl (C=O) groups is 2. The summed E-state index contributed by atoms with van der Waals surface area (Å²) >= 11 is 0. The van der Waals surface area contributed by atoms with Crippen LogP contribution in [0.4, 0.5) is 13.6 Å². The largest absolute Gasteiger partial charge is 0.480 e. The molecule has 0 saturated heterocycles. The van der Waals surface area contributed by atoms with E-state index in [1.165, 1.54) is 34.6 Å². The molecule has 0 radical (unpaired) electrons. The van der Waals surface area contributed by atoms with E-state index in [4.69, 9.17) is 4.74 Å². The van der Waals surface area contributed by atoms with Crippen LogP contribution in [-0.2, 0) is 23.1 Å². The van der Waals surface area contributed by atoms with Crippen LogP contribution < -0.4 is 5.32 Å². The van der Waals surface area contributed by atoms with Crippen molar-refractivity contribution in [3.8, 4) is 0 Å². The molecule has 0 aromatic carbocycles. The first-order valence-electron chi connectivity index (χ1n) is 7.71. The van der Waals surface area contributed by atoms with Gasteiger partial charge in [-0.1, -0.05) is 6.92 Å². The summed E-state index contributed by atoms with van der Waals surface area (Å²) in [5, 5.41) is 11.1. The van der Waals surface area contributed by atoms with Crippen molar-refractivity contribution in [2.24, 2.45) is 5.92 Å². The Kier molecular flexibility index (Phi) is 8.47. The maximum Gasteiger partial charge on any atom is 0.408 e. The molecule has 0 fully saturated rings. The first-order chi connectivity index (χ1) is 11.2. The van der Waals surface area contributed by atoms with Gasteiger partial charge in [0.1, 0.15) is 11.6 Å². The number of rotatable bonds is 9. The molecule has 8 nitrogen and oxygen atoms in total. The molecular weight excluding hydrogens is 363 g/mol. The Bertz CT molecular complexity index is 512. The van der Waals surface area contributed by atoms with Gasteiger partial charge in [0.2, 0.25) is 0 Å². The van der Waals surface area contributed by atoms with Gasteiger partial charge in [0.25, 0.3) is 0 Å². The number of alkyl carbamates (subject to hydrolysis) is 1. The van der Waals surface area contributed by atoms with E-state index < -0.39 is 42.9 Å². The van der Waals surface area contributed by atoms with Gasteiger partial charge >= 0.3 is 25.3 Å². The first-order valence-corrected chi connectivity index (χ1v) is 9.25. The number of carboxylic acid groups (broad SMARTS) is 1. The number of carbonyl (C=O) groups excluding carboxylic acids is 1. The molecule has 0 rings (SSSR count). The minimum atomic E-state index is -4.95. The average molecular weight is 389 g/mol. The number of halogens is 2. The van der Waals surface area contributed by atoms with Gasteiger partial charge in [0.15, 0.2) is 0 Å². The van der Waals surface area contributed by atoms with E-state index in [0.717, 1.165) is 6.92 Å². The summed E-state index contributed by atoms with van der Waals surface area (Å²) in [7, 11) is -4.95. The van der Waals surface area contributed by atoms with Gasteiger partial charge in [0, 0.05) is 0 Å². The van der Waals surface area contributed by atoms with Gasteiger partial charge in [-0.25, -0.2) is 9.59 Å². The third-order valence-electron chi connectivity index (χ3n) is 2.95. The average Bonchev–Trinajstić information content (AvgIpc) is 2.42. The fourth-order valence-corrected chi connectivity index (χ4v) is 3.58. The lowest BCUT2D eigenvalue weighted by Crippen LogP contribution is -2.52. The van der Waals surface area contributed by atoms with Crippen LogP contribution >= 0.6 is 7.60 Å². The fraction of sp³-hybridized carbons (Fsp3) is 0.857. The van der Waals surface area contributed by atoms with E-state index in [0.29, 0.717) is 0 Å². The number of aliphatic carboxylic acids is 1. The van der Waals surface area contributed by atoms with Gasteiger partial charge in [-0.3, -0.25) is 4.57 Å². The second-order valence-electron chi connectivity index (χ2n) is 6.17. The number of alkyl halides is 2. The molecule has 0 aliphatic heterocycles. The third kappa shape index (κ3) is 6.52. The molecule has 0 aliphatic rings. The highest BCUT2D eigenvalue weighted by Gasteiger charge is 2.60. The predicted molar refractivity (Wildman–Crippen MR) is 85.8 cm³/mol. The number of carboxylic acids is 1. The normalized spacial score (nSPS) is 15.4. The van der Waals surface area contributed by atoms with Gasteiger partial charge in [-0.15, -0.1) is 0 Å². The highest BCUT2D eigenvalue weighted by Crippen LogP contribution is 2.65. The fourth-order valence-electron chi connectivity index (χ4n) is 1.83. The van der Waals surface area contributed by atoms with Crippen LogP contribution in [0.5, 0.6) is 0 Å². The minimum Gasteiger partial charge on any atom is -0.480 e. The molecule has 148 valence electrons. The Morgan fingerprint density at radius 1 is 1.16 bits per heavy atom. The Hall–Kier alpha value is -1.25. The molecule has 11 heteroatoms. The Morgan fingerprint density at radius 3 is 1.92 bits per heavy atom. The Labute approximate surface area is 145 Å². The highest BCUT2D eigenvalue weighted by atomic mass is 31.2. The summed E-state index contributed by atoms with van der Waals surface area (Å²) in [4.78, 5) is 23.1. The van der Waals surface area contributed by atoms with Crippen molar-refractivity contribution in [2.75, 3.05) is 13.2 Å². The molecule has 0 heterocycles. The molecule has 0 bridgehead atoms. The smallest absolute Gasteiger partial charge is 0.408 e.